The maximum absolute atomic E-state index is 11.9. The third-order valence-corrected chi connectivity index (χ3v) is 4.70. The molecule has 2 aliphatic rings. The SMILES string of the molecule is CC(C)(C)OC(=O)NC1CCCC(NCCN2CCCCC2)C1. The Morgan fingerprint density at radius 2 is 1.78 bits per heavy atom. The Labute approximate surface area is 141 Å². The van der Waals surface area contributed by atoms with Gasteiger partial charge >= 0.3 is 6.09 Å². The molecule has 0 aromatic heterocycles. The van der Waals surface area contributed by atoms with E-state index in [1.165, 1.54) is 45.2 Å². The van der Waals surface area contributed by atoms with Crippen molar-refractivity contribution in [2.24, 2.45) is 0 Å². The standard InChI is InChI=1S/C18H35N3O2/c1-18(2,3)23-17(22)20-16-9-7-8-15(14-16)19-10-13-21-11-5-4-6-12-21/h15-16,19H,4-14H2,1-3H3,(H,20,22). The van der Waals surface area contributed by atoms with Crippen molar-refractivity contribution in [3.05, 3.63) is 0 Å². The van der Waals surface area contributed by atoms with E-state index in [0.29, 0.717) is 6.04 Å². The largest absolute Gasteiger partial charge is 0.444 e. The molecule has 5 nitrogen and oxygen atoms in total. The fourth-order valence-corrected chi connectivity index (χ4v) is 3.59. The van der Waals surface area contributed by atoms with Crippen LogP contribution in [-0.2, 0) is 4.74 Å². The lowest BCUT2D eigenvalue weighted by molar-refractivity contribution is 0.0488. The lowest BCUT2D eigenvalue weighted by atomic mass is 9.91. The molecule has 1 aliphatic heterocycles. The smallest absolute Gasteiger partial charge is 0.407 e. The molecule has 1 aliphatic carbocycles. The first-order chi connectivity index (χ1) is 10.9. The van der Waals surface area contributed by atoms with Gasteiger partial charge in [0.05, 0.1) is 0 Å². The highest BCUT2D eigenvalue weighted by molar-refractivity contribution is 5.68. The zero-order valence-corrected chi connectivity index (χ0v) is 15.2. The Hall–Kier alpha value is -0.810. The van der Waals surface area contributed by atoms with E-state index in [1.54, 1.807) is 0 Å². The maximum Gasteiger partial charge on any atom is 0.407 e. The molecule has 2 N–H and O–H groups in total. The molecule has 0 aromatic rings. The van der Waals surface area contributed by atoms with Crippen LogP contribution in [-0.4, -0.2) is 54.9 Å². The second-order valence-corrected chi connectivity index (χ2v) is 8.06. The number of ether oxygens (including phenoxy) is 1. The molecule has 134 valence electrons. The van der Waals surface area contributed by atoms with Crippen molar-refractivity contribution in [2.45, 2.75) is 83.4 Å². The van der Waals surface area contributed by atoms with Gasteiger partial charge in [0, 0.05) is 25.2 Å². The van der Waals surface area contributed by atoms with Crippen LogP contribution in [0.5, 0.6) is 0 Å². The first-order valence-corrected chi connectivity index (χ1v) is 9.37. The highest BCUT2D eigenvalue weighted by Crippen LogP contribution is 2.19. The molecule has 2 fully saturated rings. The highest BCUT2D eigenvalue weighted by atomic mass is 16.6. The normalized spacial score (nSPS) is 26.7. The average Bonchev–Trinajstić information content (AvgIpc) is 2.46. The number of amides is 1. The molecule has 1 saturated carbocycles. The number of carbonyl (C=O) groups is 1. The Kier molecular flexibility index (Phi) is 7.15. The highest BCUT2D eigenvalue weighted by Gasteiger charge is 2.25. The summed E-state index contributed by atoms with van der Waals surface area (Å²) in [5, 5.41) is 6.72. The summed E-state index contributed by atoms with van der Waals surface area (Å²) in [7, 11) is 0. The van der Waals surface area contributed by atoms with Crippen LogP contribution in [0.2, 0.25) is 0 Å². The van der Waals surface area contributed by atoms with Gasteiger partial charge < -0.3 is 20.3 Å². The second-order valence-electron chi connectivity index (χ2n) is 8.06. The Bertz CT molecular complexity index is 362. The number of piperidine rings is 1. The van der Waals surface area contributed by atoms with E-state index in [0.717, 1.165) is 25.9 Å². The fourth-order valence-electron chi connectivity index (χ4n) is 3.59. The summed E-state index contributed by atoms with van der Waals surface area (Å²) in [5.74, 6) is 0. The van der Waals surface area contributed by atoms with Crippen molar-refractivity contribution in [3.8, 4) is 0 Å². The molecule has 1 heterocycles. The molecular weight excluding hydrogens is 290 g/mol. The molecule has 2 unspecified atom stereocenters. The monoisotopic (exact) mass is 325 g/mol. The predicted octanol–water partition coefficient (Wildman–Crippen LogP) is 2.90. The maximum atomic E-state index is 11.9. The molecule has 2 rings (SSSR count). The van der Waals surface area contributed by atoms with Gasteiger partial charge in [-0.25, -0.2) is 4.79 Å². The summed E-state index contributed by atoms with van der Waals surface area (Å²) in [6.07, 6.45) is 8.27. The number of nitrogens with one attached hydrogen (secondary N) is 2. The number of likely N-dealkylation sites (tertiary alicyclic amines) is 1. The third kappa shape index (κ3) is 7.53. The number of nitrogens with zero attached hydrogens (tertiary/aromatic N) is 1. The fraction of sp³-hybridized carbons (Fsp3) is 0.944. The summed E-state index contributed by atoms with van der Waals surface area (Å²) in [6, 6.07) is 0.763. The number of alkyl carbamates (subject to hydrolysis) is 1. The van der Waals surface area contributed by atoms with Gasteiger partial charge in [0.25, 0.3) is 0 Å². The Morgan fingerprint density at radius 3 is 2.48 bits per heavy atom. The van der Waals surface area contributed by atoms with E-state index in [4.69, 9.17) is 4.74 Å². The Balaban J connectivity index is 1.63. The predicted molar refractivity (Wildman–Crippen MR) is 93.7 cm³/mol. The molecule has 0 spiro atoms. The summed E-state index contributed by atoms with van der Waals surface area (Å²) in [4.78, 5) is 14.5. The minimum Gasteiger partial charge on any atom is -0.444 e. The van der Waals surface area contributed by atoms with E-state index in [9.17, 15) is 4.79 Å². The van der Waals surface area contributed by atoms with E-state index in [2.05, 4.69) is 15.5 Å². The van der Waals surface area contributed by atoms with Crippen LogP contribution in [0, 0.1) is 0 Å². The molecular formula is C18H35N3O2. The number of hydrogen-bond donors (Lipinski definition) is 2. The van der Waals surface area contributed by atoms with Gasteiger partial charge in [-0.1, -0.05) is 6.42 Å². The van der Waals surface area contributed by atoms with Crippen molar-refractivity contribution >= 4 is 6.09 Å². The Morgan fingerprint density at radius 1 is 1.09 bits per heavy atom. The molecule has 0 aromatic carbocycles. The van der Waals surface area contributed by atoms with Gasteiger partial charge in [-0.15, -0.1) is 0 Å². The summed E-state index contributed by atoms with van der Waals surface area (Å²) < 4.78 is 5.36. The molecule has 0 radical (unpaired) electrons. The van der Waals surface area contributed by atoms with E-state index < -0.39 is 5.60 Å². The van der Waals surface area contributed by atoms with Crippen LogP contribution in [0.3, 0.4) is 0 Å². The molecule has 5 heteroatoms. The first kappa shape index (κ1) is 18.5. The molecule has 23 heavy (non-hydrogen) atoms. The van der Waals surface area contributed by atoms with Crippen LogP contribution in [0.25, 0.3) is 0 Å². The zero-order valence-electron chi connectivity index (χ0n) is 15.2. The van der Waals surface area contributed by atoms with Crippen molar-refractivity contribution in [1.82, 2.24) is 15.5 Å². The lowest BCUT2D eigenvalue weighted by Gasteiger charge is -2.32. The number of carbonyl (C=O) groups excluding carboxylic acids is 1. The van der Waals surface area contributed by atoms with E-state index in [1.807, 2.05) is 20.8 Å². The number of rotatable bonds is 5. The quantitative estimate of drug-likeness (QED) is 0.816. The summed E-state index contributed by atoms with van der Waals surface area (Å²) in [5.41, 5.74) is -0.426. The molecule has 0 bridgehead atoms. The van der Waals surface area contributed by atoms with Crippen molar-refractivity contribution in [2.75, 3.05) is 26.2 Å². The zero-order chi connectivity index (χ0) is 16.7. The van der Waals surface area contributed by atoms with Crippen LogP contribution < -0.4 is 10.6 Å². The minimum absolute atomic E-state index is 0.242. The summed E-state index contributed by atoms with van der Waals surface area (Å²) in [6.45, 7) is 10.4. The van der Waals surface area contributed by atoms with Crippen LogP contribution in [0.1, 0.15) is 65.7 Å². The van der Waals surface area contributed by atoms with Gasteiger partial charge in [-0.3, -0.25) is 0 Å². The average molecular weight is 325 g/mol. The van der Waals surface area contributed by atoms with E-state index >= 15 is 0 Å². The molecule has 1 amide bonds. The van der Waals surface area contributed by atoms with Gasteiger partial charge in [0.15, 0.2) is 0 Å². The minimum atomic E-state index is -0.426. The molecule has 2 atom stereocenters. The van der Waals surface area contributed by atoms with Crippen molar-refractivity contribution in [3.63, 3.8) is 0 Å². The second kappa shape index (κ2) is 8.88. The molecule has 1 saturated heterocycles. The topological polar surface area (TPSA) is 53.6 Å². The van der Waals surface area contributed by atoms with Crippen LogP contribution in [0.15, 0.2) is 0 Å². The summed E-state index contributed by atoms with van der Waals surface area (Å²) >= 11 is 0. The van der Waals surface area contributed by atoms with Crippen molar-refractivity contribution in [1.29, 1.82) is 0 Å². The van der Waals surface area contributed by atoms with Crippen LogP contribution >= 0.6 is 0 Å². The van der Waals surface area contributed by atoms with Gasteiger partial charge in [-0.05, 0) is 72.4 Å². The van der Waals surface area contributed by atoms with E-state index in [-0.39, 0.29) is 12.1 Å². The number of hydrogen-bond acceptors (Lipinski definition) is 4. The first-order valence-electron chi connectivity index (χ1n) is 9.37. The third-order valence-electron chi connectivity index (χ3n) is 4.70. The van der Waals surface area contributed by atoms with Crippen LogP contribution in [0.4, 0.5) is 4.79 Å². The van der Waals surface area contributed by atoms with Gasteiger partial charge in [0.1, 0.15) is 5.60 Å². The lowest BCUT2D eigenvalue weighted by Crippen LogP contribution is -2.47. The van der Waals surface area contributed by atoms with Crippen molar-refractivity contribution < 1.29 is 9.53 Å². The van der Waals surface area contributed by atoms with Gasteiger partial charge in [-0.2, -0.15) is 0 Å². The van der Waals surface area contributed by atoms with Gasteiger partial charge in [0.2, 0.25) is 0 Å².